The number of ether oxygens (including phenoxy) is 1. The number of carbonyl (C=O) groups excluding carboxylic acids is 2. The van der Waals surface area contributed by atoms with Crippen LogP contribution in [0.2, 0.25) is 0 Å². The number of esters is 1. The van der Waals surface area contributed by atoms with Gasteiger partial charge in [-0.2, -0.15) is 0 Å². The molecule has 8 N–H and O–H groups in total. The van der Waals surface area contributed by atoms with E-state index in [1.807, 2.05) is 30.5 Å². The first kappa shape index (κ1) is 23.8. The third kappa shape index (κ3) is 6.32. The fourth-order valence-electron chi connectivity index (χ4n) is 3.41. The summed E-state index contributed by atoms with van der Waals surface area (Å²) in [7, 11) is 0. The lowest BCUT2D eigenvalue weighted by Gasteiger charge is -2.16. The second kappa shape index (κ2) is 11.1. The lowest BCUT2D eigenvalue weighted by molar-refractivity contribution is -0.145. The van der Waals surface area contributed by atoms with Crippen LogP contribution >= 0.6 is 0 Å². The summed E-state index contributed by atoms with van der Waals surface area (Å²) in [6.45, 7) is 2.20. The number of nitrogens with one attached hydrogen (secondary N) is 2. The molecule has 0 saturated heterocycles. The summed E-state index contributed by atoms with van der Waals surface area (Å²) < 4.78 is 10.5. The van der Waals surface area contributed by atoms with Crippen LogP contribution < -0.4 is 22.5 Å². The number of nitrogens with two attached hydrogens (primary N) is 3. The molecule has 0 aliphatic carbocycles. The molecule has 2 unspecified atom stereocenters. The molecular weight excluding hydrogens is 426 g/mol. The first-order chi connectivity index (χ1) is 15.9. The number of aromatic nitrogens is 2. The first-order valence-corrected chi connectivity index (χ1v) is 10.7. The van der Waals surface area contributed by atoms with Crippen molar-refractivity contribution in [1.82, 2.24) is 15.3 Å². The van der Waals surface area contributed by atoms with Gasteiger partial charge in [0.05, 0.1) is 12.6 Å². The number of carbonyl (C=O) groups is 2. The van der Waals surface area contributed by atoms with Crippen molar-refractivity contribution < 1.29 is 18.7 Å². The zero-order valence-corrected chi connectivity index (χ0v) is 18.4. The second-order valence-corrected chi connectivity index (χ2v) is 7.47. The van der Waals surface area contributed by atoms with Crippen LogP contribution in [0.3, 0.4) is 0 Å². The van der Waals surface area contributed by atoms with Gasteiger partial charge in [-0.1, -0.05) is 18.2 Å². The molecule has 33 heavy (non-hydrogen) atoms. The van der Waals surface area contributed by atoms with Crippen molar-refractivity contribution in [2.75, 3.05) is 13.2 Å². The number of rotatable bonds is 11. The van der Waals surface area contributed by atoms with E-state index in [0.29, 0.717) is 25.8 Å². The number of para-hydroxylation sites is 1. The highest BCUT2D eigenvalue weighted by atomic mass is 16.5. The summed E-state index contributed by atoms with van der Waals surface area (Å²) in [6, 6.07) is 6.47. The van der Waals surface area contributed by atoms with Gasteiger partial charge in [-0.15, -0.1) is 0 Å². The number of aliphatic imine (C=N–C) groups is 1. The minimum atomic E-state index is -0.869. The average Bonchev–Trinajstić information content (AvgIpc) is 3.44. The molecule has 2 atom stereocenters. The molecule has 0 bridgehead atoms. The van der Waals surface area contributed by atoms with Gasteiger partial charge in [0.2, 0.25) is 5.89 Å². The lowest BCUT2D eigenvalue weighted by atomic mass is 10.1. The predicted octanol–water partition coefficient (Wildman–Crippen LogP) is 1.11. The Kier molecular flexibility index (Phi) is 8.03. The highest BCUT2D eigenvalue weighted by Crippen LogP contribution is 2.23. The zero-order chi connectivity index (χ0) is 23.8. The van der Waals surface area contributed by atoms with Gasteiger partial charge in [0.25, 0.3) is 5.91 Å². The molecule has 0 aliphatic rings. The monoisotopic (exact) mass is 455 g/mol. The van der Waals surface area contributed by atoms with Gasteiger partial charge >= 0.3 is 5.97 Å². The molecule has 176 valence electrons. The number of oxazole rings is 1. The number of benzene rings is 1. The standard InChI is InChI=1S/C22H29N7O4/c1-2-32-21(31)17(8-5-9-26-22(24)25)28-19(30)18-12-33-20(29-18)15(23)10-13-11-27-16-7-4-3-6-14(13)16/h3-4,6-7,11-12,15,17,27H,2,5,8-10,23H2,1H3,(H,28,30)(H4,24,25,26). The summed E-state index contributed by atoms with van der Waals surface area (Å²) in [6.07, 6.45) is 4.37. The molecule has 0 fully saturated rings. The van der Waals surface area contributed by atoms with Gasteiger partial charge in [0.1, 0.15) is 12.3 Å². The Bertz CT molecular complexity index is 1120. The minimum Gasteiger partial charge on any atom is -0.464 e. The van der Waals surface area contributed by atoms with Gasteiger partial charge in [0, 0.05) is 23.6 Å². The topological polar surface area (TPSA) is 188 Å². The number of nitrogens with zero attached hydrogens (tertiary/aromatic N) is 2. The van der Waals surface area contributed by atoms with Crippen LogP contribution in [0.5, 0.6) is 0 Å². The van der Waals surface area contributed by atoms with E-state index in [1.54, 1.807) is 6.92 Å². The van der Waals surface area contributed by atoms with Crippen LogP contribution in [0.15, 0.2) is 46.1 Å². The fraction of sp³-hybridized carbons (Fsp3) is 0.364. The van der Waals surface area contributed by atoms with E-state index < -0.39 is 24.0 Å². The Labute approximate surface area is 190 Å². The van der Waals surface area contributed by atoms with E-state index in [0.717, 1.165) is 16.5 Å². The number of fused-ring (bicyclic) bond motifs is 1. The lowest BCUT2D eigenvalue weighted by Crippen LogP contribution is -2.42. The molecule has 1 aromatic carbocycles. The minimum absolute atomic E-state index is 0.0258. The molecule has 2 heterocycles. The van der Waals surface area contributed by atoms with E-state index >= 15 is 0 Å². The van der Waals surface area contributed by atoms with Crippen LogP contribution in [-0.4, -0.2) is 47.0 Å². The molecule has 3 rings (SSSR count). The molecule has 0 saturated carbocycles. The quantitative estimate of drug-likeness (QED) is 0.123. The fourth-order valence-corrected chi connectivity index (χ4v) is 3.41. The SMILES string of the molecule is CCOC(=O)C(CCCN=C(N)N)NC(=O)c1coc(C(N)Cc2c[nH]c3ccccc23)n1. The molecule has 3 aromatic rings. The summed E-state index contributed by atoms with van der Waals surface area (Å²) in [4.78, 5) is 36.2. The molecule has 0 spiro atoms. The van der Waals surface area contributed by atoms with Crippen LogP contribution in [0.4, 0.5) is 0 Å². The maximum Gasteiger partial charge on any atom is 0.328 e. The number of guanidine groups is 1. The molecule has 11 heteroatoms. The van der Waals surface area contributed by atoms with Gasteiger partial charge < -0.3 is 36.7 Å². The van der Waals surface area contributed by atoms with Crippen molar-refractivity contribution in [1.29, 1.82) is 0 Å². The Morgan fingerprint density at radius 1 is 1.30 bits per heavy atom. The van der Waals surface area contributed by atoms with Crippen molar-refractivity contribution in [3.05, 3.63) is 53.9 Å². The normalized spacial score (nSPS) is 12.8. The molecule has 2 aromatic heterocycles. The maximum absolute atomic E-state index is 12.7. The van der Waals surface area contributed by atoms with Crippen LogP contribution in [0.1, 0.15) is 47.7 Å². The van der Waals surface area contributed by atoms with Crippen molar-refractivity contribution in [3.8, 4) is 0 Å². The number of hydrogen-bond acceptors (Lipinski definition) is 7. The van der Waals surface area contributed by atoms with Crippen molar-refractivity contribution >= 4 is 28.7 Å². The highest BCUT2D eigenvalue weighted by molar-refractivity contribution is 5.95. The van der Waals surface area contributed by atoms with E-state index in [4.69, 9.17) is 26.4 Å². The smallest absolute Gasteiger partial charge is 0.328 e. The largest absolute Gasteiger partial charge is 0.464 e. The van der Waals surface area contributed by atoms with Gasteiger partial charge in [0.15, 0.2) is 11.7 Å². The second-order valence-electron chi connectivity index (χ2n) is 7.47. The molecule has 11 nitrogen and oxygen atoms in total. The van der Waals surface area contributed by atoms with Gasteiger partial charge in [-0.3, -0.25) is 9.79 Å². The van der Waals surface area contributed by atoms with E-state index in [2.05, 4.69) is 20.3 Å². The molecular formula is C22H29N7O4. The summed E-state index contributed by atoms with van der Waals surface area (Å²) in [5.74, 6) is -0.920. The van der Waals surface area contributed by atoms with Crippen molar-refractivity contribution in [2.24, 2.45) is 22.2 Å². The van der Waals surface area contributed by atoms with Crippen LogP contribution in [0.25, 0.3) is 10.9 Å². The van der Waals surface area contributed by atoms with Crippen molar-refractivity contribution in [2.45, 2.75) is 38.3 Å². The Balaban J connectivity index is 1.63. The zero-order valence-electron chi connectivity index (χ0n) is 18.4. The first-order valence-electron chi connectivity index (χ1n) is 10.7. The van der Waals surface area contributed by atoms with Crippen LogP contribution in [0, 0.1) is 0 Å². The third-order valence-electron chi connectivity index (χ3n) is 5.01. The number of aromatic amines is 1. The maximum atomic E-state index is 12.7. The van der Waals surface area contributed by atoms with Crippen molar-refractivity contribution in [3.63, 3.8) is 0 Å². The number of hydrogen-bond donors (Lipinski definition) is 5. The van der Waals surface area contributed by atoms with E-state index in [9.17, 15) is 9.59 Å². The highest BCUT2D eigenvalue weighted by Gasteiger charge is 2.25. The van der Waals surface area contributed by atoms with Gasteiger partial charge in [-0.05, 0) is 37.8 Å². The predicted molar refractivity (Wildman–Crippen MR) is 123 cm³/mol. The van der Waals surface area contributed by atoms with E-state index in [-0.39, 0.29) is 24.2 Å². The van der Waals surface area contributed by atoms with E-state index in [1.165, 1.54) is 6.26 Å². The summed E-state index contributed by atoms with van der Waals surface area (Å²) in [5, 5.41) is 3.70. The molecule has 0 aliphatic heterocycles. The molecule has 0 radical (unpaired) electrons. The van der Waals surface area contributed by atoms with Gasteiger partial charge in [-0.25, -0.2) is 9.78 Å². The summed E-state index contributed by atoms with van der Waals surface area (Å²) >= 11 is 0. The average molecular weight is 456 g/mol. The third-order valence-corrected chi connectivity index (χ3v) is 5.01. The Morgan fingerprint density at radius 2 is 2.09 bits per heavy atom. The Hall–Kier alpha value is -3.86. The molecule has 1 amide bonds. The van der Waals surface area contributed by atoms with Crippen LogP contribution in [-0.2, 0) is 16.0 Å². The number of H-pyrrole nitrogens is 1. The number of amides is 1. The Morgan fingerprint density at radius 3 is 2.85 bits per heavy atom. The summed E-state index contributed by atoms with van der Waals surface area (Å²) in [5.41, 5.74) is 18.9.